The van der Waals surface area contributed by atoms with E-state index in [1.54, 1.807) is 6.21 Å². The van der Waals surface area contributed by atoms with Crippen molar-refractivity contribution in [2.75, 3.05) is 12.5 Å². The smallest absolute Gasteiger partial charge is 0.263 e. The van der Waals surface area contributed by atoms with Crippen molar-refractivity contribution in [3.05, 3.63) is 23.8 Å². The molecule has 1 aliphatic heterocycles. The molecule has 0 saturated heterocycles. The van der Waals surface area contributed by atoms with Crippen molar-refractivity contribution in [3.63, 3.8) is 0 Å². The second-order valence-electron chi connectivity index (χ2n) is 3.28. The van der Waals surface area contributed by atoms with Gasteiger partial charge in [-0.3, -0.25) is 0 Å². The van der Waals surface area contributed by atoms with E-state index in [-0.39, 0.29) is 12.7 Å². The fourth-order valence-corrected chi connectivity index (χ4v) is 1.39. The molecule has 2 N–H and O–H groups in total. The Labute approximate surface area is 95.6 Å². The highest BCUT2D eigenvalue weighted by Gasteiger charge is 2.12. The molecule has 0 fully saturated rings. The number of aromatic nitrogens is 4. The van der Waals surface area contributed by atoms with E-state index in [0.29, 0.717) is 5.75 Å². The second kappa shape index (κ2) is 3.74. The lowest BCUT2D eigenvalue weighted by Crippen LogP contribution is -1.99. The van der Waals surface area contributed by atoms with Crippen LogP contribution in [0.5, 0.6) is 11.5 Å². The van der Waals surface area contributed by atoms with Gasteiger partial charge in [0.1, 0.15) is 0 Å². The zero-order chi connectivity index (χ0) is 11.7. The van der Waals surface area contributed by atoms with Crippen molar-refractivity contribution in [2.45, 2.75) is 0 Å². The van der Waals surface area contributed by atoms with Gasteiger partial charge in [0.25, 0.3) is 5.95 Å². The van der Waals surface area contributed by atoms with Gasteiger partial charge in [0, 0.05) is 0 Å². The van der Waals surface area contributed by atoms with Crippen LogP contribution in [0, 0.1) is 0 Å². The van der Waals surface area contributed by atoms with Gasteiger partial charge < -0.3 is 15.2 Å². The van der Waals surface area contributed by atoms with Crippen LogP contribution in [0.3, 0.4) is 0 Å². The average molecular weight is 232 g/mol. The number of ether oxygens (including phenoxy) is 2. The van der Waals surface area contributed by atoms with Gasteiger partial charge in [-0.05, 0) is 34.2 Å². The minimum Gasteiger partial charge on any atom is -0.454 e. The van der Waals surface area contributed by atoms with E-state index >= 15 is 0 Å². The van der Waals surface area contributed by atoms with Crippen molar-refractivity contribution < 1.29 is 9.47 Å². The molecule has 17 heavy (non-hydrogen) atoms. The summed E-state index contributed by atoms with van der Waals surface area (Å²) in [5.74, 6) is 1.55. The highest BCUT2D eigenvalue weighted by molar-refractivity contribution is 5.80. The maximum atomic E-state index is 5.46. The molecule has 0 radical (unpaired) electrons. The first kappa shape index (κ1) is 9.58. The summed E-state index contributed by atoms with van der Waals surface area (Å²) in [6, 6.07) is 5.47. The monoisotopic (exact) mass is 232 g/mol. The lowest BCUT2D eigenvalue weighted by atomic mass is 10.2. The molecular formula is C9H8N6O2. The fraction of sp³-hybridized carbons (Fsp3) is 0.111. The highest BCUT2D eigenvalue weighted by atomic mass is 16.7. The van der Waals surface area contributed by atoms with Gasteiger partial charge in [0.15, 0.2) is 11.5 Å². The van der Waals surface area contributed by atoms with Crippen molar-refractivity contribution in [1.82, 2.24) is 20.3 Å². The van der Waals surface area contributed by atoms with Gasteiger partial charge in [-0.15, -0.1) is 0 Å². The first-order chi connectivity index (χ1) is 8.33. The Morgan fingerprint density at radius 3 is 3.06 bits per heavy atom. The van der Waals surface area contributed by atoms with Gasteiger partial charge in [0.05, 0.1) is 6.21 Å². The largest absolute Gasteiger partial charge is 0.454 e. The minimum absolute atomic E-state index is 0.127. The Bertz CT molecular complexity index is 579. The summed E-state index contributed by atoms with van der Waals surface area (Å²) < 4.78 is 10.4. The number of nitrogen functional groups attached to an aromatic ring is 1. The van der Waals surface area contributed by atoms with Crippen LogP contribution >= 0.6 is 0 Å². The van der Waals surface area contributed by atoms with Crippen LogP contribution in [0.2, 0.25) is 0 Å². The Balaban J connectivity index is 1.86. The molecule has 0 atom stereocenters. The Morgan fingerprint density at radius 1 is 1.35 bits per heavy atom. The van der Waals surface area contributed by atoms with Crippen molar-refractivity contribution in [1.29, 1.82) is 0 Å². The van der Waals surface area contributed by atoms with E-state index in [9.17, 15) is 0 Å². The molecular weight excluding hydrogens is 224 g/mol. The summed E-state index contributed by atoms with van der Waals surface area (Å²) in [5.41, 5.74) is 6.30. The maximum Gasteiger partial charge on any atom is 0.263 e. The normalized spacial score (nSPS) is 13.4. The maximum absolute atomic E-state index is 5.46. The summed E-state index contributed by atoms with van der Waals surface area (Å²) in [6.45, 7) is 0.246. The molecule has 0 spiro atoms. The van der Waals surface area contributed by atoms with E-state index in [1.807, 2.05) is 18.2 Å². The predicted octanol–water partition coefficient (Wildman–Crippen LogP) is -0.134. The van der Waals surface area contributed by atoms with Crippen LogP contribution in [-0.4, -0.2) is 33.3 Å². The van der Waals surface area contributed by atoms with Gasteiger partial charge in [-0.25, -0.2) is 0 Å². The number of tetrazole rings is 1. The van der Waals surface area contributed by atoms with E-state index in [4.69, 9.17) is 15.2 Å². The lowest BCUT2D eigenvalue weighted by molar-refractivity contribution is 0.174. The summed E-state index contributed by atoms with van der Waals surface area (Å²) >= 11 is 0. The number of hydrogen-bond donors (Lipinski definition) is 1. The first-order valence-electron chi connectivity index (χ1n) is 4.81. The topological polar surface area (TPSA) is 100 Å². The number of fused-ring (bicyclic) bond motifs is 1. The third-order valence-corrected chi connectivity index (χ3v) is 2.19. The highest BCUT2D eigenvalue weighted by Crippen LogP contribution is 2.31. The zero-order valence-electron chi connectivity index (χ0n) is 8.65. The number of benzene rings is 1. The quantitative estimate of drug-likeness (QED) is 0.723. The summed E-state index contributed by atoms with van der Waals surface area (Å²) in [5, 5.41) is 14.5. The number of hydrogen-bond acceptors (Lipinski definition) is 7. The second-order valence-corrected chi connectivity index (χ2v) is 3.28. The third kappa shape index (κ3) is 1.75. The predicted molar refractivity (Wildman–Crippen MR) is 57.8 cm³/mol. The number of nitrogens with two attached hydrogens (primary N) is 1. The van der Waals surface area contributed by atoms with E-state index in [1.165, 1.54) is 0 Å². The zero-order valence-corrected chi connectivity index (χ0v) is 8.65. The Kier molecular flexibility index (Phi) is 2.11. The fourth-order valence-electron chi connectivity index (χ4n) is 1.39. The summed E-state index contributed by atoms with van der Waals surface area (Å²) in [6.07, 6.45) is 1.58. The standard InChI is InChI=1S/C9H8N6O2/c10-9-12-13-14-15(9)11-4-6-1-2-7-8(3-6)17-5-16-7/h1-4H,5H2,(H2,10,12,14). The average Bonchev–Trinajstić information content (AvgIpc) is 2.94. The van der Waals surface area contributed by atoms with Crippen LogP contribution < -0.4 is 15.2 Å². The number of anilines is 1. The summed E-state index contributed by atoms with van der Waals surface area (Å²) in [7, 11) is 0. The van der Waals surface area contributed by atoms with Gasteiger partial charge in [-0.1, -0.05) is 9.89 Å². The molecule has 86 valence electrons. The third-order valence-electron chi connectivity index (χ3n) is 2.19. The molecule has 3 rings (SSSR count). The molecule has 0 bridgehead atoms. The summed E-state index contributed by atoms with van der Waals surface area (Å²) in [4.78, 5) is 1.13. The van der Waals surface area contributed by atoms with Crippen LogP contribution in [0.1, 0.15) is 5.56 Å². The van der Waals surface area contributed by atoms with Crippen LogP contribution in [0.25, 0.3) is 0 Å². The van der Waals surface area contributed by atoms with Crippen molar-refractivity contribution in [2.24, 2.45) is 5.10 Å². The van der Waals surface area contributed by atoms with Crippen molar-refractivity contribution in [3.8, 4) is 11.5 Å². The molecule has 8 nitrogen and oxygen atoms in total. The molecule has 1 aliphatic rings. The SMILES string of the molecule is Nc1nnnn1N=Cc1ccc2c(c1)OCO2. The lowest BCUT2D eigenvalue weighted by Gasteiger charge is -1.97. The molecule has 0 aliphatic carbocycles. The molecule has 0 unspecified atom stereocenters. The van der Waals surface area contributed by atoms with Crippen LogP contribution in [-0.2, 0) is 0 Å². The van der Waals surface area contributed by atoms with E-state index in [2.05, 4.69) is 20.6 Å². The van der Waals surface area contributed by atoms with E-state index in [0.717, 1.165) is 16.1 Å². The van der Waals surface area contributed by atoms with Gasteiger partial charge in [-0.2, -0.15) is 5.10 Å². The van der Waals surface area contributed by atoms with Crippen LogP contribution in [0.15, 0.2) is 23.3 Å². The molecule has 8 heteroatoms. The molecule has 2 aromatic rings. The number of rotatable bonds is 2. The molecule has 1 aromatic carbocycles. The number of nitrogens with zero attached hydrogens (tertiary/aromatic N) is 5. The first-order valence-corrected chi connectivity index (χ1v) is 4.81. The van der Waals surface area contributed by atoms with E-state index < -0.39 is 0 Å². The van der Waals surface area contributed by atoms with Gasteiger partial charge in [0.2, 0.25) is 6.79 Å². The van der Waals surface area contributed by atoms with Gasteiger partial charge >= 0.3 is 0 Å². The molecule has 0 amide bonds. The van der Waals surface area contributed by atoms with Crippen molar-refractivity contribution >= 4 is 12.2 Å². The Hall–Kier alpha value is -2.64. The van der Waals surface area contributed by atoms with Crippen LogP contribution in [0.4, 0.5) is 5.95 Å². The molecule has 2 heterocycles. The Morgan fingerprint density at radius 2 is 2.24 bits per heavy atom. The minimum atomic E-state index is 0.127. The molecule has 1 aromatic heterocycles. The molecule has 0 saturated carbocycles.